The van der Waals surface area contributed by atoms with Crippen LogP contribution in [0.25, 0.3) is 11.3 Å². The van der Waals surface area contributed by atoms with Crippen LogP contribution in [0.4, 0.5) is 0 Å². The molecule has 0 spiro atoms. The molecule has 0 unspecified atom stereocenters. The predicted molar refractivity (Wildman–Crippen MR) is 88.7 cm³/mol. The molecule has 0 saturated carbocycles. The molecular weight excluding hydrogens is 294 g/mol. The molecule has 5 heteroatoms. The summed E-state index contributed by atoms with van der Waals surface area (Å²) in [6.07, 6.45) is 3.88. The van der Waals surface area contributed by atoms with Crippen molar-refractivity contribution in [3.63, 3.8) is 0 Å². The van der Waals surface area contributed by atoms with Crippen molar-refractivity contribution in [2.75, 3.05) is 13.0 Å². The van der Waals surface area contributed by atoms with E-state index in [4.69, 9.17) is 9.72 Å². The molecule has 2 aromatic heterocycles. The highest BCUT2D eigenvalue weighted by atomic mass is 32.2. The molecule has 3 rings (SSSR count). The summed E-state index contributed by atoms with van der Waals surface area (Å²) < 4.78 is 7.28. The molecule has 0 aliphatic heterocycles. The molecule has 0 aliphatic rings. The van der Waals surface area contributed by atoms with Crippen molar-refractivity contribution in [2.24, 2.45) is 0 Å². The van der Waals surface area contributed by atoms with Crippen molar-refractivity contribution >= 4 is 11.8 Å². The van der Waals surface area contributed by atoms with Gasteiger partial charge in [0.2, 0.25) is 0 Å². The van der Waals surface area contributed by atoms with Gasteiger partial charge in [-0.1, -0.05) is 48.2 Å². The minimum Gasteiger partial charge on any atom is -0.374 e. The summed E-state index contributed by atoms with van der Waals surface area (Å²) in [4.78, 5) is 9.12. The maximum Gasteiger partial charge on any atom is 0.171 e. The van der Waals surface area contributed by atoms with Crippen LogP contribution in [0, 0.1) is 0 Å². The van der Waals surface area contributed by atoms with E-state index in [0.29, 0.717) is 12.5 Å². The largest absolute Gasteiger partial charge is 0.374 e. The third kappa shape index (κ3) is 3.55. The van der Waals surface area contributed by atoms with E-state index < -0.39 is 0 Å². The van der Waals surface area contributed by atoms with Crippen LogP contribution in [0.1, 0.15) is 5.69 Å². The monoisotopic (exact) mass is 311 g/mol. The standard InChI is InChI=1S/C17H17N3OS/c1-21-13-22-17-19-16(14-7-3-2-4-8-14)12-20(17)11-15-9-5-6-10-18-15/h2-10,12H,11,13H2,1H3. The van der Waals surface area contributed by atoms with Gasteiger partial charge in [0.25, 0.3) is 0 Å². The predicted octanol–water partition coefficient (Wildman–Crippen LogP) is 3.69. The Balaban J connectivity index is 1.91. The lowest BCUT2D eigenvalue weighted by Gasteiger charge is -2.06. The van der Waals surface area contributed by atoms with Gasteiger partial charge in [-0.2, -0.15) is 0 Å². The third-order valence-corrected chi connectivity index (χ3v) is 4.11. The van der Waals surface area contributed by atoms with Crippen molar-refractivity contribution < 1.29 is 4.74 Å². The summed E-state index contributed by atoms with van der Waals surface area (Å²) >= 11 is 1.58. The number of nitrogens with zero attached hydrogens (tertiary/aromatic N) is 3. The fourth-order valence-electron chi connectivity index (χ4n) is 2.15. The number of pyridine rings is 1. The Kier molecular flexibility index (Phi) is 4.88. The van der Waals surface area contributed by atoms with Gasteiger partial charge >= 0.3 is 0 Å². The van der Waals surface area contributed by atoms with E-state index in [9.17, 15) is 0 Å². The smallest absolute Gasteiger partial charge is 0.171 e. The molecule has 0 atom stereocenters. The van der Waals surface area contributed by atoms with Crippen molar-refractivity contribution in [1.82, 2.24) is 14.5 Å². The molecule has 2 heterocycles. The number of hydrogen-bond acceptors (Lipinski definition) is 4. The summed E-state index contributed by atoms with van der Waals surface area (Å²) in [7, 11) is 1.69. The Hall–Kier alpha value is -2.11. The van der Waals surface area contributed by atoms with Gasteiger partial charge in [0.15, 0.2) is 5.16 Å². The van der Waals surface area contributed by atoms with Crippen LogP contribution in [0.5, 0.6) is 0 Å². The average Bonchev–Trinajstić information content (AvgIpc) is 2.97. The normalized spacial score (nSPS) is 10.8. The second kappa shape index (κ2) is 7.24. The Morgan fingerprint density at radius 3 is 2.64 bits per heavy atom. The number of thioether (sulfide) groups is 1. The molecule has 3 aromatic rings. The highest BCUT2D eigenvalue weighted by Crippen LogP contribution is 2.24. The van der Waals surface area contributed by atoms with Crippen molar-refractivity contribution in [3.05, 3.63) is 66.6 Å². The number of methoxy groups -OCH3 is 1. The maximum atomic E-state index is 5.16. The fourth-order valence-corrected chi connectivity index (χ4v) is 2.82. The number of benzene rings is 1. The first kappa shape index (κ1) is 14.8. The van der Waals surface area contributed by atoms with Gasteiger partial charge in [-0.3, -0.25) is 4.98 Å². The summed E-state index contributed by atoms with van der Waals surface area (Å²) in [6.45, 7) is 0.701. The van der Waals surface area contributed by atoms with Crippen molar-refractivity contribution in [2.45, 2.75) is 11.7 Å². The molecule has 0 radical (unpaired) electrons. The van der Waals surface area contributed by atoms with E-state index in [1.54, 1.807) is 18.9 Å². The molecule has 0 fully saturated rings. The van der Waals surface area contributed by atoms with Gasteiger partial charge in [-0.15, -0.1) is 0 Å². The van der Waals surface area contributed by atoms with Crippen LogP contribution >= 0.6 is 11.8 Å². The fraction of sp³-hybridized carbons (Fsp3) is 0.176. The number of ether oxygens (including phenoxy) is 1. The first-order chi connectivity index (χ1) is 10.9. The summed E-state index contributed by atoms with van der Waals surface area (Å²) in [6, 6.07) is 16.1. The molecule has 0 N–H and O–H groups in total. The van der Waals surface area contributed by atoms with Crippen LogP contribution in [0.3, 0.4) is 0 Å². The van der Waals surface area contributed by atoms with Gasteiger partial charge in [-0.25, -0.2) is 4.98 Å². The lowest BCUT2D eigenvalue weighted by atomic mass is 10.2. The van der Waals surface area contributed by atoms with Crippen molar-refractivity contribution in [1.29, 1.82) is 0 Å². The minimum atomic E-state index is 0.577. The summed E-state index contributed by atoms with van der Waals surface area (Å²) in [5, 5.41) is 0.936. The Labute approximate surface area is 134 Å². The molecule has 1 aromatic carbocycles. The first-order valence-electron chi connectivity index (χ1n) is 7.01. The van der Waals surface area contributed by atoms with Crippen LogP contribution < -0.4 is 0 Å². The van der Waals surface area contributed by atoms with Crippen LogP contribution in [0.2, 0.25) is 0 Å². The van der Waals surface area contributed by atoms with E-state index in [-0.39, 0.29) is 0 Å². The summed E-state index contributed by atoms with van der Waals surface area (Å²) in [5.74, 6) is 0.577. The maximum absolute atomic E-state index is 5.16. The van der Waals surface area contributed by atoms with E-state index in [1.165, 1.54) is 0 Å². The Morgan fingerprint density at radius 2 is 1.91 bits per heavy atom. The first-order valence-corrected chi connectivity index (χ1v) is 7.99. The SMILES string of the molecule is COCSc1nc(-c2ccccc2)cn1Cc1ccccn1. The number of rotatable bonds is 6. The molecule has 22 heavy (non-hydrogen) atoms. The molecule has 112 valence electrons. The summed E-state index contributed by atoms with van der Waals surface area (Å²) in [5.41, 5.74) is 3.09. The zero-order valence-corrected chi connectivity index (χ0v) is 13.2. The molecule has 0 bridgehead atoms. The number of hydrogen-bond donors (Lipinski definition) is 0. The Morgan fingerprint density at radius 1 is 1.09 bits per heavy atom. The van der Waals surface area contributed by atoms with Gasteiger partial charge in [0.1, 0.15) is 0 Å². The highest BCUT2D eigenvalue weighted by Gasteiger charge is 2.11. The number of aromatic nitrogens is 3. The third-order valence-electron chi connectivity index (χ3n) is 3.17. The van der Waals surface area contributed by atoms with E-state index in [0.717, 1.165) is 22.1 Å². The van der Waals surface area contributed by atoms with Crippen LogP contribution in [-0.2, 0) is 11.3 Å². The minimum absolute atomic E-state index is 0.577. The van der Waals surface area contributed by atoms with Crippen LogP contribution in [-0.4, -0.2) is 27.6 Å². The highest BCUT2D eigenvalue weighted by molar-refractivity contribution is 7.99. The van der Waals surface area contributed by atoms with Gasteiger partial charge in [0.05, 0.1) is 23.9 Å². The Bertz CT molecular complexity index is 713. The van der Waals surface area contributed by atoms with Crippen molar-refractivity contribution in [3.8, 4) is 11.3 Å². The van der Waals surface area contributed by atoms with E-state index >= 15 is 0 Å². The topological polar surface area (TPSA) is 39.9 Å². The molecular formula is C17H17N3OS. The number of imidazole rings is 1. The zero-order valence-electron chi connectivity index (χ0n) is 12.3. The lowest BCUT2D eigenvalue weighted by molar-refractivity contribution is 0.258. The van der Waals surface area contributed by atoms with E-state index in [2.05, 4.69) is 27.9 Å². The lowest BCUT2D eigenvalue weighted by Crippen LogP contribution is -2.02. The van der Waals surface area contributed by atoms with Gasteiger partial charge in [-0.05, 0) is 12.1 Å². The molecule has 0 amide bonds. The van der Waals surface area contributed by atoms with Crippen LogP contribution in [0.15, 0.2) is 66.1 Å². The quantitative estimate of drug-likeness (QED) is 0.514. The zero-order chi connectivity index (χ0) is 15.2. The molecule has 0 aliphatic carbocycles. The molecule has 0 saturated heterocycles. The second-order valence-electron chi connectivity index (χ2n) is 4.77. The average molecular weight is 311 g/mol. The molecule has 4 nitrogen and oxygen atoms in total. The van der Waals surface area contributed by atoms with Gasteiger partial charge < -0.3 is 9.30 Å². The van der Waals surface area contributed by atoms with Gasteiger partial charge in [0, 0.05) is 25.1 Å². The van der Waals surface area contributed by atoms with E-state index in [1.807, 2.05) is 42.6 Å². The second-order valence-corrected chi connectivity index (χ2v) is 5.66.